The molecule has 0 unspecified atom stereocenters. The van der Waals surface area contributed by atoms with Gasteiger partial charge in [-0.1, -0.05) is 6.92 Å². The molecule has 0 spiro atoms. The number of carbonyl (C=O) groups excluding carboxylic acids is 1. The monoisotopic (exact) mass is 294 g/mol. The Hall–Kier alpha value is -2.31. The second-order valence-electron chi connectivity index (χ2n) is 4.58. The van der Waals surface area contributed by atoms with Crippen LogP contribution in [-0.2, 0) is 4.79 Å². The van der Waals surface area contributed by atoms with Gasteiger partial charge in [-0.15, -0.1) is 0 Å². The van der Waals surface area contributed by atoms with E-state index in [-0.39, 0.29) is 11.6 Å². The summed E-state index contributed by atoms with van der Waals surface area (Å²) < 4.78 is 0. The van der Waals surface area contributed by atoms with E-state index in [1.165, 1.54) is 12.1 Å². The molecule has 1 amide bonds. The van der Waals surface area contributed by atoms with Crippen molar-refractivity contribution in [3.8, 4) is 0 Å². The molecule has 1 aromatic rings. The highest BCUT2D eigenvalue weighted by Gasteiger charge is 2.10. The Morgan fingerprint density at radius 1 is 1.14 bits per heavy atom. The van der Waals surface area contributed by atoms with E-state index in [1.807, 2.05) is 13.8 Å². The van der Waals surface area contributed by atoms with E-state index in [9.17, 15) is 14.9 Å². The number of hydrogen-bond acceptors (Lipinski definition) is 5. The van der Waals surface area contributed by atoms with Gasteiger partial charge in [0.15, 0.2) is 0 Å². The van der Waals surface area contributed by atoms with E-state index >= 15 is 0 Å². The third-order valence-electron chi connectivity index (χ3n) is 2.76. The average molecular weight is 294 g/mol. The predicted molar refractivity (Wildman–Crippen MR) is 83.7 cm³/mol. The van der Waals surface area contributed by atoms with Crippen molar-refractivity contribution in [2.75, 3.05) is 30.3 Å². The highest BCUT2D eigenvalue weighted by atomic mass is 16.6. The fraction of sp³-hybridized carbons (Fsp3) is 0.500. The number of carbonyl (C=O) groups is 1. The molecule has 1 rings (SSSR count). The maximum absolute atomic E-state index is 11.3. The van der Waals surface area contributed by atoms with Crippen LogP contribution in [0.3, 0.4) is 0 Å². The van der Waals surface area contributed by atoms with Crippen molar-refractivity contribution in [1.82, 2.24) is 5.32 Å². The van der Waals surface area contributed by atoms with E-state index in [4.69, 9.17) is 0 Å². The van der Waals surface area contributed by atoms with E-state index < -0.39 is 4.92 Å². The van der Waals surface area contributed by atoms with Gasteiger partial charge in [-0.05, 0) is 19.4 Å². The fourth-order valence-electron chi connectivity index (χ4n) is 1.80. The fourth-order valence-corrected chi connectivity index (χ4v) is 1.80. The van der Waals surface area contributed by atoms with Crippen LogP contribution in [0.1, 0.15) is 26.7 Å². The predicted octanol–water partition coefficient (Wildman–Crippen LogP) is 2.35. The van der Waals surface area contributed by atoms with E-state index in [0.717, 1.165) is 13.0 Å². The summed E-state index contributed by atoms with van der Waals surface area (Å²) in [6.45, 7) is 5.66. The molecule has 7 nitrogen and oxygen atoms in total. The molecule has 0 atom stereocenters. The SMILES string of the molecule is CCCNc1cc(NCCC(=O)NCC)cc([N+](=O)[O-])c1. The number of hydrogen-bond donors (Lipinski definition) is 3. The maximum atomic E-state index is 11.3. The minimum Gasteiger partial charge on any atom is -0.385 e. The van der Waals surface area contributed by atoms with Gasteiger partial charge in [-0.25, -0.2) is 0 Å². The quantitative estimate of drug-likeness (QED) is 0.480. The first-order chi connectivity index (χ1) is 10.1. The molecule has 0 aliphatic carbocycles. The van der Waals surface area contributed by atoms with Crippen LogP contribution >= 0.6 is 0 Å². The molecule has 1 aromatic carbocycles. The Labute approximate surface area is 124 Å². The summed E-state index contributed by atoms with van der Waals surface area (Å²) in [7, 11) is 0. The second-order valence-corrected chi connectivity index (χ2v) is 4.58. The Kier molecular flexibility index (Phi) is 7.00. The number of rotatable bonds is 9. The van der Waals surface area contributed by atoms with Gasteiger partial charge in [0.2, 0.25) is 5.91 Å². The molecular weight excluding hydrogens is 272 g/mol. The number of nitrogens with one attached hydrogen (secondary N) is 3. The zero-order valence-electron chi connectivity index (χ0n) is 12.4. The van der Waals surface area contributed by atoms with Gasteiger partial charge >= 0.3 is 0 Å². The summed E-state index contributed by atoms with van der Waals surface area (Å²) in [5, 5.41) is 19.8. The number of nitro benzene ring substituents is 1. The molecular formula is C14H22N4O3. The average Bonchev–Trinajstić information content (AvgIpc) is 2.45. The summed E-state index contributed by atoms with van der Waals surface area (Å²) >= 11 is 0. The zero-order chi connectivity index (χ0) is 15.7. The zero-order valence-corrected chi connectivity index (χ0v) is 12.4. The van der Waals surface area contributed by atoms with Crippen LogP contribution < -0.4 is 16.0 Å². The Morgan fingerprint density at radius 2 is 1.76 bits per heavy atom. The third kappa shape index (κ3) is 6.11. The van der Waals surface area contributed by atoms with Crippen LogP contribution in [0.4, 0.5) is 17.1 Å². The number of nitrogens with zero attached hydrogens (tertiary/aromatic N) is 1. The number of nitro groups is 1. The first-order valence-corrected chi connectivity index (χ1v) is 7.10. The van der Waals surface area contributed by atoms with Gasteiger partial charge in [0.1, 0.15) is 0 Å². The van der Waals surface area contributed by atoms with Crippen molar-refractivity contribution in [2.45, 2.75) is 26.7 Å². The number of anilines is 2. The molecule has 3 N–H and O–H groups in total. The molecule has 0 saturated heterocycles. The van der Waals surface area contributed by atoms with Crippen molar-refractivity contribution in [3.63, 3.8) is 0 Å². The lowest BCUT2D eigenvalue weighted by molar-refractivity contribution is -0.384. The molecule has 0 heterocycles. The molecule has 0 aromatic heterocycles. The number of benzene rings is 1. The number of amides is 1. The van der Waals surface area contributed by atoms with Gasteiger partial charge in [0.25, 0.3) is 5.69 Å². The van der Waals surface area contributed by atoms with Crippen LogP contribution in [0.5, 0.6) is 0 Å². The summed E-state index contributed by atoms with van der Waals surface area (Å²) in [5.74, 6) is -0.0419. The molecule has 0 saturated carbocycles. The van der Waals surface area contributed by atoms with Crippen molar-refractivity contribution in [1.29, 1.82) is 0 Å². The normalized spacial score (nSPS) is 10.0. The largest absolute Gasteiger partial charge is 0.385 e. The first kappa shape index (κ1) is 16.7. The lowest BCUT2D eigenvalue weighted by Crippen LogP contribution is -2.24. The van der Waals surface area contributed by atoms with Crippen LogP contribution in [0, 0.1) is 10.1 Å². The lowest BCUT2D eigenvalue weighted by atomic mass is 10.2. The molecule has 0 bridgehead atoms. The molecule has 0 radical (unpaired) electrons. The molecule has 21 heavy (non-hydrogen) atoms. The van der Waals surface area contributed by atoms with E-state index in [2.05, 4.69) is 16.0 Å². The van der Waals surface area contributed by atoms with Crippen molar-refractivity contribution >= 4 is 23.0 Å². The van der Waals surface area contributed by atoms with Crippen molar-refractivity contribution in [2.24, 2.45) is 0 Å². The van der Waals surface area contributed by atoms with Crippen LogP contribution in [0.25, 0.3) is 0 Å². The topological polar surface area (TPSA) is 96.3 Å². The smallest absolute Gasteiger partial charge is 0.273 e. The molecule has 0 aliphatic rings. The highest BCUT2D eigenvalue weighted by molar-refractivity contribution is 5.76. The van der Waals surface area contributed by atoms with E-state index in [0.29, 0.717) is 30.9 Å². The Bertz CT molecular complexity index is 491. The van der Waals surface area contributed by atoms with Crippen LogP contribution in [-0.4, -0.2) is 30.5 Å². The summed E-state index contributed by atoms with van der Waals surface area (Å²) in [6, 6.07) is 4.78. The van der Waals surface area contributed by atoms with E-state index in [1.54, 1.807) is 6.07 Å². The van der Waals surface area contributed by atoms with Crippen LogP contribution in [0.2, 0.25) is 0 Å². The van der Waals surface area contributed by atoms with Gasteiger partial charge in [0, 0.05) is 49.6 Å². The molecule has 0 fully saturated rings. The van der Waals surface area contributed by atoms with Crippen molar-refractivity contribution < 1.29 is 9.72 Å². The first-order valence-electron chi connectivity index (χ1n) is 7.10. The molecule has 0 aliphatic heterocycles. The van der Waals surface area contributed by atoms with Gasteiger partial charge in [0.05, 0.1) is 4.92 Å². The Morgan fingerprint density at radius 3 is 2.29 bits per heavy atom. The molecule has 116 valence electrons. The second kappa shape index (κ2) is 8.78. The third-order valence-corrected chi connectivity index (χ3v) is 2.76. The minimum absolute atomic E-state index is 0.0246. The Balaban J connectivity index is 2.69. The number of non-ortho nitro benzene ring substituents is 1. The summed E-state index contributed by atoms with van der Waals surface area (Å²) in [6.07, 6.45) is 1.26. The lowest BCUT2D eigenvalue weighted by Gasteiger charge is -2.10. The summed E-state index contributed by atoms with van der Waals surface area (Å²) in [4.78, 5) is 21.9. The van der Waals surface area contributed by atoms with Crippen molar-refractivity contribution in [3.05, 3.63) is 28.3 Å². The van der Waals surface area contributed by atoms with Gasteiger partial charge in [-0.2, -0.15) is 0 Å². The highest BCUT2D eigenvalue weighted by Crippen LogP contribution is 2.24. The van der Waals surface area contributed by atoms with Gasteiger partial charge in [-0.3, -0.25) is 14.9 Å². The maximum Gasteiger partial charge on any atom is 0.273 e. The standard InChI is InChI=1S/C14H22N4O3/c1-3-6-16-11-8-12(10-13(9-11)18(20)21)17-7-5-14(19)15-4-2/h8-10,16-17H,3-7H2,1-2H3,(H,15,19). The summed E-state index contributed by atoms with van der Waals surface area (Å²) in [5.41, 5.74) is 1.36. The minimum atomic E-state index is -0.425. The van der Waals surface area contributed by atoms with Gasteiger partial charge < -0.3 is 16.0 Å². The van der Waals surface area contributed by atoms with Crippen LogP contribution in [0.15, 0.2) is 18.2 Å². The molecule has 7 heteroatoms.